The minimum Gasteiger partial charge on any atom is -0.612 e. The molecule has 0 aliphatic heterocycles. The van der Waals surface area contributed by atoms with Gasteiger partial charge in [-0.15, -0.1) is 5.09 Å². The topological polar surface area (TPSA) is 79.2 Å². The lowest BCUT2D eigenvalue weighted by atomic mass is 10.5. The number of nitrogens with one attached hydrogen (secondary N) is 1. The molecule has 0 saturated heterocycles. The summed E-state index contributed by atoms with van der Waals surface area (Å²) in [6.07, 6.45) is 3.99. The Labute approximate surface area is 101 Å². The first-order valence-electron chi connectivity index (χ1n) is 5.40. The predicted molar refractivity (Wildman–Crippen MR) is 65.7 cm³/mol. The van der Waals surface area contributed by atoms with Gasteiger partial charge in [0, 0.05) is 18.9 Å². The number of nitrogens with zero attached hydrogens (tertiary/aromatic N) is 2. The quantitative estimate of drug-likeness (QED) is 0.535. The van der Waals surface area contributed by atoms with Crippen LogP contribution in [0.25, 0.3) is 0 Å². The maximum atomic E-state index is 11.3. The molecule has 17 heavy (non-hydrogen) atoms. The van der Waals surface area contributed by atoms with E-state index in [-0.39, 0.29) is 5.69 Å². The molecule has 1 aromatic heterocycles. The standard InChI is InChI=1S/C10H16N3O3P/c1-2-4-12-17(15)9-16-8-7-13-6-3-5-11-10(13)14/h3,5-6,9,12H,2,4,7-8H2,1H3. The van der Waals surface area contributed by atoms with Gasteiger partial charge in [0.25, 0.3) is 0 Å². The van der Waals surface area contributed by atoms with Gasteiger partial charge in [0.2, 0.25) is 5.98 Å². The lowest BCUT2D eigenvalue weighted by Crippen LogP contribution is -2.23. The smallest absolute Gasteiger partial charge is 0.347 e. The molecule has 0 radical (unpaired) electrons. The molecule has 1 rings (SSSR count). The van der Waals surface area contributed by atoms with E-state index in [2.05, 4.69) is 10.1 Å². The molecule has 1 atom stereocenters. The lowest BCUT2D eigenvalue weighted by Gasteiger charge is -2.02. The summed E-state index contributed by atoms with van der Waals surface area (Å²) in [5, 5.41) is 2.79. The number of ether oxygens (including phenoxy) is 1. The molecule has 0 spiro atoms. The second-order valence-corrected chi connectivity index (χ2v) is 4.48. The summed E-state index contributed by atoms with van der Waals surface area (Å²) in [7, 11) is -1.62. The molecule has 0 aliphatic rings. The third-order valence-electron chi connectivity index (χ3n) is 1.92. The van der Waals surface area contributed by atoms with Crippen LogP contribution >= 0.6 is 7.92 Å². The van der Waals surface area contributed by atoms with Gasteiger partial charge < -0.3 is 9.63 Å². The van der Waals surface area contributed by atoms with E-state index in [0.29, 0.717) is 19.7 Å². The Kier molecular flexibility index (Phi) is 6.65. The summed E-state index contributed by atoms with van der Waals surface area (Å²) in [5.41, 5.74) is -0.315. The highest BCUT2D eigenvalue weighted by Crippen LogP contribution is 2.00. The van der Waals surface area contributed by atoms with Crippen molar-refractivity contribution in [3.8, 4) is 0 Å². The van der Waals surface area contributed by atoms with E-state index in [1.807, 2.05) is 6.92 Å². The third kappa shape index (κ3) is 5.70. The van der Waals surface area contributed by atoms with Gasteiger partial charge in [0.1, 0.15) is 0 Å². The average Bonchev–Trinajstić information content (AvgIpc) is 2.34. The van der Waals surface area contributed by atoms with E-state index in [0.717, 1.165) is 6.42 Å². The van der Waals surface area contributed by atoms with E-state index in [1.165, 1.54) is 16.7 Å². The zero-order valence-electron chi connectivity index (χ0n) is 9.70. The third-order valence-corrected chi connectivity index (χ3v) is 2.80. The molecule has 0 bridgehead atoms. The molecule has 94 valence electrons. The summed E-state index contributed by atoms with van der Waals surface area (Å²) >= 11 is 0. The summed E-state index contributed by atoms with van der Waals surface area (Å²) in [6, 6.07) is 1.68. The molecule has 0 fully saturated rings. The number of rotatable bonds is 7. The molecular weight excluding hydrogens is 241 g/mol. The zero-order chi connectivity index (χ0) is 12.5. The highest BCUT2D eigenvalue weighted by Gasteiger charge is 1.97. The summed E-state index contributed by atoms with van der Waals surface area (Å²) in [5.74, 6) is 1.27. The van der Waals surface area contributed by atoms with E-state index < -0.39 is 7.92 Å². The van der Waals surface area contributed by atoms with Gasteiger partial charge in [-0.05, 0) is 12.5 Å². The highest BCUT2D eigenvalue weighted by molar-refractivity contribution is 7.47. The number of hydrogen-bond donors (Lipinski definition) is 1. The number of aromatic nitrogens is 2. The molecule has 1 unspecified atom stereocenters. The SMILES string of the molecule is CCCN[P+]([O-])=COCCn1cccnc1=O. The minimum absolute atomic E-state index is 0.292. The largest absolute Gasteiger partial charge is 0.612 e. The lowest BCUT2D eigenvalue weighted by molar-refractivity contribution is -0.155. The van der Waals surface area contributed by atoms with Crippen LogP contribution < -0.4 is 15.7 Å². The summed E-state index contributed by atoms with van der Waals surface area (Å²) < 4.78 is 6.52. The van der Waals surface area contributed by atoms with Gasteiger partial charge >= 0.3 is 5.69 Å². The highest BCUT2D eigenvalue weighted by atomic mass is 31.1. The fraction of sp³-hybridized carbons (Fsp3) is 0.500. The van der Waals surface area contributed by atoms with Gasteiger partial charge in [-0.2, -0.15) is 0 Å². The van der Waals surface area contributed by atoms with Crippen LogP contribution in [0.3, 0.4) is 0 Å². The van der Waals surface area contributed by atoms with Crippen molar-refractivity contribution in [3.63, 3.8) is 0 Å². The van der Waals surface area contributed by atoms with Crippen molar-refractivity contribution in [2.75, 3.05) is 13.2 Å². The van der Waals surface area contributed by atoms with E-state index in [4.69, 9.17) is 4.74 Å². The Hall–Kier alpha value is -1.07. The van der Waals surface area contributed by atoms with Crippen molar-refractivity contribution in [1.29, 1.82) is 0 Å². The van der Waals surface area contributed by atoms with Crippen LogP contribution in [0, 0.1) is 0 Å². The van der Waals surface area contributed by atoms with Crippen LogP contribution in [-0.4, -0.2) is 28.7 Å². The van der Waals surface area contributed by atoms with Crippen LogP contribution in [0.15, 0.2) is 23.3 Å². The zero-order valence-corrected chi connectivity index (χ0v) is 10.6. The monoisotopic (exact) mass is 257 g/mol. The van der Waals surface area contributed by atoms with Crippen LogP contribution in [0.5, 0.6) is 0 Å². The molecule has 0 aromatic carbocycles. The molecule has 1 N–H and O–H groups in total. The van der Waals surface area contributed by atoms with Gasteiger partial charge in [-0.3, -0.25) is 4.57 Å². The number of hydrogen-bond acceptors (Lipinski definition) is 5. The molecule has 7 heteroatoms. The van der Waals surface area contributed by atoms with Gasteiger partial charge in [0.05, 0.1) is 13.2 Å². The van der Waals surface area contributed by atoms with Gasteiger partial charge in [-0.1, -0.05) is 6.92 Å². The van der Waals surface area contributed by atoms with Crippen molar-refractivity contribution in [3.05, 3.63) is 28.9 Å². The Morgan fingerprint density at radius 1 is 1.71 bits per heavy atom. The molecule has 0 aliphatic carbocycles. The van der Waals surface area contributed by atoms with Crippen molar-refractivity contribution in [1.82, 2.24) is 14.6 Å². The molecule has 0 saturated carbocycles. The fourth-order valence-corrected chi connectivity index (χ4v) is 1.85. The van der Waals surface area contributed by atoms with E-state index in [1.54, 1.807) is 12.3 Å². The van der Waals surface area contributed by atoms with Gasteiger partial charge in [-0.25, -0.2) is 9.78 Å². The van der Waals surface area contributed by atoms with Crippen LogP contribution in [-0.2, 0) is 11.3 Å². The predicted octanol–water partition coefficient (Wildman–Crippen LogP) is -0.309. The van der Waals surface area contributed by atoms with E-state index in [9.17, 15) is 9.69 Å². The molecule has 6 nitrogen and oxygen atoms in total. The van der Waals surface area contributed by atoms with Crippen molar-refractivity contribution < 1.29 is 9.63 Å². The van der Waals surface area contributed by atoms with Crippen LogP contribution in [0.1, 0.15) is 13.3 Å². The summed E-state index contributed by atoms with van der Waals surface area (Å²) in [6.45, 7) is 3.36. The molecule has 0 amide bonds. The minimum atomic E-state index is -1.62. The van der Waals surface area contributed by atoms with Crippen molar-refractivity contribution in [2.45, 2.75) is 19.9 Å². The molecular formula is C10H16N3O3P. The van der Waals surface area contributed by atoms with Crippen LogP contribution in [0.4, 0.5) is 0 Å². The second kappa shape index (κ2) is 8.08. The first-order valence-corrected chi connectivity index (χ1v) is 6.73. The normalized spacial score (nSPS) is 11.8. The first kappa shape index (κ1) is 14.0. The van der Waals surface area contributed by atoms with E-state index >= 15 is 0 Å². The maximum absolute atomic E-state index is 11.3. The molecule has 1 aromatic rings. The van der Waals surface area contributed by atoms with Crippen LogP contribution in [0.2, 0.25) is 0 Å². The Balaban J connectivity index is 2.29. The van der Waals surface area contributed by atoms with Gasteiger partial charge in [0.15, 0.2) is 7.92 Å². The Bertz CT molecular complexity index is 419. The maximum Gasteiger partial charge on any atom is 0.347 e. The first-order chi connectivity index (χ1) is 8.24. The summed E-state index contributed by atoms with van der Waals surface area (Å²) in [4.78, 5) is 26.1. The Morgan fingerprint density at radius 2 is 2.53 bits per heavy atom. The second-order valence-electron chi connectivity index (χ2n) is 3.31. The Morgan fingerprint density at radius 3 is 3.24 bits per heavy atom. The van der Waals surface area contributed by atoms with Crippen molar-refractivity contribution in [2.24, 2.45) is 0 Å². The fourth-order valence-electron chi connectivity index (χ4n) is 1.09. The average molecular weight is 257 g/mol. The van der Waals surface area contributed by atoms with Crippen molar-refractivity contribution >= 4 is 13.9 Å². The molecule has 1 heterocycles.